The maximum atomic E-state index is 14.5. The molecule has 9 nitrogen and oxygen atoms in total. The molecular weight excluding hydrogens is 425 g/mol. The molecule has 0 radical (unpaired) electrons. The van der Waals surface area contributed by atoms with Gasteiger partial charge >= 0.3 is 0 Å². The van der Waals surface area contributed by atoms with Crippen LogP contribution in [0.4, 0.5) is 4.39 Å². The summed E-state index contributed by atoms with van der Waals surface area (Å²) in [5.74, 6) is 0.0178. The van der Waals surface area contributed by atoms with Gasteiger partial charge in [-0.15, -0.1) is 0 Å². The van der Waals surface area contributed by atoms with Gasteiger partial charge in [0, 0.05) is 11.6 Å². The first-order chi connectivity index (χ1) is 16.0. The number of fused-ring (bicyclic) bond motifs is 3. The summed E-state index contributed by atoms with van der Waals surface area (Å²) < 4.78 is 22.9. The molecule has 0 atom stereocenters. The number of hydrogen-bond donors (Lipinski definition) is 0. The fourth-order valence-corrected chi connectivity index (χ4v) is 4.03. The lowest BCUT2D eigenvalue weighted by atomic mass is 10.1. The number of halogens is 1. The lowest BCUT2D eigenvalue weighted by molar-refractivity contribution is 0.415. The van der Waals surface area contributed by atoms with Gasteiger partial charge in [0.1, 0.15) is 29.3 Å². The quantitative estimate of drug-likeness (QED) is 0.421. The Balaban J connectivity index is 1.67. The highest BCUT2D eigenvalue weighted by Gasteiger charge is 2.44. The Bertz CT molecular complexity index is 1660. The van der Waals surface area contributed by atoms with Crippen LogP contribution in [-0.2, 0) is 12.0 Å². The normalized spacial score (nSPS) is 14.6. The highest BCUT2D eigenvalue weighted by atomic mass is 19.1. The van der Waals surface area contributed by atoms with Crippen molar-refractivity contribution in [3.05, 3.63) is 76.1 Å². The zero-order valence-electron chi connectivity index (χ0n) is 17.5. The molecule has 0 bridgehead atoms. The van der Waals surface area contributed by atoms with Gasteiger partial charge in [0.05, 0.1) is 23.3 Å². The predicted octanol–water partition coefficient (Wildman–Crippen LogP) is 3.20. The number of nitrogens with zero attached hydrogens (tertiary/aromatic N) is 7. The van der Waals surface area contributed by atoms with E-state index in [9.17, 15) is 14.4 Å². The van der Waals surface area contributed by atoms with Crippen molar-refractivity contribution >= 4 is 16.6 Å². The summed E-state index contributed by atoms with van der Waals surface area (Å²) in [5, 5.41) is 13.7. The third kappa shape index (κ3) is 2.86. The molecule has 33 heavy (non-hydrogen) atoms. The first kappa shape index (κ1) is 19.3. The van der Waals surface area contributed by atoms with Crippen LogP contribution in [-0.4, -0.2) is 29.1 Å². The molecule has 1 fully saturated rings. The van der Waals surface area contributed by atoms with Gasteiger partial charge in [0.2, 0.25) is 0 Å². The highest BCUT2D eigenvalue weighted by molar-refractivity contribution is 5.87. The van der Waals surface area contributed by atoms with Gasteiger partial charge in [-0.2, -0.15) is 10.2 Å². The molecule has 4 heterocycles. The minimum Gasteiger partial charge on any atom is -0.332 e. The molecule has 5 aromatic rings. The summed E-state index contributed by atoms with van der Waals surface area (Å²) in [6, 6.07) is 9.92. The Kier molecular flexibility index (Phi) is 3.98. The molecular formula is C23H16FN7O2. The minimum absolute atomic E-state index is 0.0442. The number of hydrogen-bond acceptors (Lipinski definition) is 7. The van der Waals surface area contributed by atoms with Gasteiger partial charge in [-0.05, 0) is 37.1 Å². The number of benzene rings is 1. The van der Waals surface area contributed by atoms with E-state index in [0.29, 0.717) is 17.0 Å². The molecule has 10 heteroatoms. The van der Waals surface area contributed by atoms with Crippen molar-refractivity contribution < 1.29 is 8.91 Å². The van der Waals surface area contributed by atoms with Gasteiger partial charge in [0.15, 0.2) is 11.5 Å². The van der Waals surface area contributed by atoms with E-state index < -0.39 is 11.4 Å². The fourth-order valence-electron chi connectivity index (χ4n) is 4.03. The molecule has 1 aromatic carbocycles. The average Bonchev–Trinajstić information content (AvgIpc) is 3.22. The molecule has 4 aromatic heterocycles. The first-order valence-corrected chi connectivity index (χ1v) is 10.4. The van der Waals surface area contributed by atoms with E-state index in [1.807, 2.05) is 6.07 Å². The van der Waals surface area contributed by atoms with Crippen LogP contribution in [0.15, 0.2) is 52.2 Å². The van der Waals surface area contributed by atoms with Crippen molar-refractivity contribution in [3.63, 3.8) is 0 Å². The zero-order valence-corrected chi connectivity index (χ0v) is 17.5. The molecule has 1 saturated carbocycles. The maximum absolute atomic E-state index is 14.5. The number of imidazole rings is 1. The van der Waals surface area contributed by atoms with Crippen LogP contribution >= 0.6 is 0 Å². The van der Waals surface area contributed by atoms with E-state index in [2.05, 4.69) is 27.0 Å². The summed E-state index contributed by atoms with van der Waals surface area (Å²) in [4.78, 5) is 26.9. The summed E-state index contributed by atoms with van der Waals surface area (Å²) in [6.45, 7) is 2.10. The Morgan fingerprint density at radius 3 is 2.79 bits per heavy atom. The van der Waals surface area contributed by atoms with E-state index >= 15 is 0 Å². The van der Waals surface area contributed by atoms with Crippen LogP contribution in [0.1, 0.15) is 36.8 Å². The van der Waals surface area contributed by atoms with Crippen LogP contribution in [0.5, 0.6) is 0 Å². The summed E-state index contributed by atoms with van der Waals surface area (Å²) in [6.07, 6.45) is 5.00. The van der Waals surface area contributed by atoms with E-state index in [4.69, 9.17) is 4.52 Å². The molecule has 0 unspecified atom stereocenters. The number of nitriles is 1. The largest absolute Gasteiger partial charge is 0.332 e. The van der Waals surface area contributed by atoms with Gasteiger partial charge in [-0.25, -0.2) is 9.37 Å². The number of pyridine rings is 1. The first-order valence-electron chi connectivity index (χ1n) is 10.4. The highest BCUT2D eigenvalue weighted by Crippen LogP contribution is 2.46. The van der Waals surface area contributed by atoms with Gasteiger partial charge in [0.25, 0.3) is 11.4 Å². The Hall–Kier alpha value is -4.39. The predicted molar refractivity (Wildman–Crippen MR) is 115 cm³/mol. The molecule has 162 valence electrons. The SMILES string of the molecule is CC1(c2noc(-c3ncn4c3c(=O)n(Cc3ccccn3)c3c(C#N)c(F)ccc34)n2)CC1. The summed E-state index contributed by atoms with van der Waals surface area (Å²) in [7, 11) is 0. The van der Waals surface area contributed by atoms with Crippen molar-refractivity contribution in [2.75, 3.05) is 0 Å². The van der Waals surface area contributed by atoms with Gasteiger partial charge in [-0.3, -0.25) is 18.7 Å². The molecule has 0 N–H and O–H groups in total. The summed E-state index contributed by atoms with van der Waals surface area (Å²) in [5.41, 5.74) is 0.836. The number of aromatic nitrogens is 6. The summed E-state index contributed by atoms with van der Waals surface area (Å²) >= 11 is 0. The van der Waals surface area contributed by atoms with Crippen molar-refractivity contribution in [3.8, 4) is 17.7 Å². The molecule has 0 spiro atoms. The van der Waals surface area contributed by atoms with Crippen LogP contribution in [0.2, 0.25) is 0 Å². The molecule has 0 amide bonds. The number of rotatable bonds is 4. The molecule has 0 aliphatic heterocycles. The average molecular weight is 441 g/mol. The molecule has 0 saturated heterocycles. The standard InChI is InChI=1S/C23H16FN7O2/c1-23(7-8-23)22-28-20(33-29-22)17-19-21(32)30(11-13-4-2-3-9-26-13)18-14(10-25)15(24)5-6-16(18)31(19)12-27-17/h2-6,9,12H,7-8,11H2,1H3. The zero-order chi connectivity index (χ0) is 22.7. The monoisotopic (exact) mass is 441 g/mol. The second-order valence-corrected chi connectivity index (χ2v) is 8.41. The Morgan fingerprint density at radius 1 is 1.21 bits per heavy atom. The lowest BCUT2D eigenvalue weighted by Gasteiger charge is -2.14. The van der Waals surface area contributed by atoms with E-state index in [0.717, 1.165) is 12.8 Å². The minimum atomic E-state index is -0.710. The fraction of sp³-hybridized carbons (Fsp3) is 0.217. The third-order valence-corrected chi connectivity index (χ3v) is 6.18. The molecule has 1 aliphatic rings. The smallest absolute Gasteiger partial charge is 0.279 e. The second kappa shape index (κ2) is 6.80. The third-order valence-electron chi connectivity index (χ3n) is 6.18. The van der Waals surface area contributed by atoms with Crippen molar-refractivity contribution in [1.29, 1.82) is 5.26 Å². The lowest BCUT2D eigenvalue weighted by Crippen LogP contribution is -2.25. The van der Waals surface area contributed by atoms with Gasteiger partial charge < -0.3 is 4.52 Å². The Morgan fingerprint density at radius 2 is 2.06 bits per heavy atom. The topological polar surface area (TPSA) is 115 Å². The van der Waals surface area contributed by atoms with E-state index in [1.165, 1.54) is 27.4 Å². The van der Waals surface area contributed by atoms with E-state index in [1.54, 1.807) is 24.4 Å². The van der Waals surface area contributed by atoms with Crippen LogP contribution in [0.3, 0.4) is 0 Å². The van der Waals surface area contributed by atoms with Crippen molar-refractivity contribution in [2.45, 2.75) is 31.7 Å². The van der Waals surface area contributed by atoms with Crippen LogP contribution < -0.4 is 5.56 Å². The van der Waals surface area contributed by atoms with Crippen molar-refractivity contribution in [2.24, 2.45) is 0 Å². The van der Waals surface area contributed by atoms with E-state index in [-0.39, 0.29) is 40.1 Å². The van der Waals surface area contributed by atoms with Gasteiger partial charge in [-0.1, -0.05) is 18.1 Å². The maximum Gasteiger partial charge on any atom is 0.279 e. The Labute approximate surface area is 185 Å². The van der Waals surface area contributed by atoms with Crippen LogP contribution in [0.25, 0.3) is 28.1 Å². The molecule has 6 rings (SSSR count). The van der Waals surface area contributed by atoms with Crippen molar-refractivity contribution in [1.82, 2.24) is 29.1 Å². The second-order valence-electron chi connectivity index (χ2n) is 8.41. The van der Waals surface area contributed by atoms with Crippen LogP contribution in [0, 0.1) is 17.1 Å². The molecule has 1 aliphatic carbocycles.